The highest BCUT2D eigenvalue weighted by atomic mass is 15.2. The van der Waals surface area contributed by atoms with Gasteiger partial charge in [-0.2, -0.15) is 0 Å². The van der Waals surface area contributed by atoms with Gasteiger partial charge >= 0.3 is 0 Å². The number of rotatable bonds is 5. The lowest BCUT2D eigenvalue weighted by Gasteiger charge is -2.48. The third-order valence-corrected chi connectivity index (χ3v) is 7.68. The fourth-order valence-corrected chi connectivity index (χ4v) is 6.05. The van der Waals surface area contributed by atoms with E-state index in [-0.39, 0.29) is 16.4 Å². The third-order valence-electron chi connectivity index (χ3n) is 7.68. The summed E-state index contributed by atoms with van der Waals surface area (Å²) < 4.78 is 0. The fourth-order valence-electron chi connectivity index (χ4n) is 6.05. The summed E-state index contributed by atoms with van der Waals surface area (Å²) in [5, 5.41) is 0. The predicted molar refractivity (Wildman–Crippen MR) is 158 cm³/mol. The van der Waals surface area contributed by atoms with Crippen molar-refractivity contribution >= 4 is 11.4 Å². The predicted octanol–water partition coefficient (Wildman–Crippen LogP) is 9.14. The van der Waals surface area contributed by atoms with Crippen molar-refractivity contribution < 1.29 is 0 Å². The number of pyridine rings is 1. The van der Waals surface area contributed by atoms with Crippen molar-refractivity contribution in [2.24, 2.45) is 5.41 Å². The molecule has 2 heterocycles. The molecule has 37 heavy (non-hydrogen) atoms. The monoisotopic (exact) mass is 488 g/mol. The van der Waals surface area contributed by atoms with Crippen molar-refractivity contribution in [1.82, 2.24) is 4.98 Å². The summed E-state index contributed by atoms with van der Waals surface area (Å²) in [5.41, 5.74) is 10.2. The van der Waals surface area contributed by atoms with Gasteiger partial charge in [-0.05, 0) is 80.0 Å². The van der Waals surface area contributed by atoms with Crippen LogP contribution in [0.25, 0.3) is 11.3 Å². The minimum atomic E-state index is -0.0382. The van der Waals surface area contributed by atoms with Gasteiger partial charge in [-0.25, -0.2) is 0 Å². The first kappa shape index (κ1) is 25.3. The lowest BCUT2D eigenvalue weighted by Crippen LogP contribution is -2.43. The normalized spacial score (nSPS) is 14.7. The number of aromatic nitrogens is 1. The van der Waals surface area contributed by atoms with E-state index < -0.39 is 0 Å². The summed E-state index contributed by atoms with van der Waals surface area (Å²) in [6.45, 7) is 16.4. The number of hydrogen-bond acceptors (Lipinski definition) is 2. The molecule has 1 aliphatic rings. The molecule has 3 aromatic carbocycles. The van der Waals surface area contributed by atoms with Gasteiger partial charge in [0, 0.05) is 33.6 Å². The van der Waals surface area contributed by atoms with Gasteiger partial charge in [0.25, 0.3) is 0 Å². The Bertz CT molecular complexity index is 1410. The smallest absolute Gasteiger partial charge is 0.0705 e. The molecular formula is C35H40N2. The molecule has 0 spiro atoms. The quantitative estimate of drug-likeness (QED) is 0.278. The molecule has 0 N–H and O–H groups in total. The Morgan fingerprint density at radius 1 is 0.676 bits per heavy atom. The van der Waals surface area contributed by atoms with Gasteiger partial charge in [-0.15, -0.1) is 0 Å². The van der Waals surface area contributed by atoms with Gasteiger partial charge in [0.2, 0.25) is 0 Å². The lowest BCUT2D eigenvalue weighted by molar-refractivity contribution is 0.357. The minimum Gasteiger partial charge on any atom is -0.336 e. The number of para-hydroxylation sites is 1. The van der Waals surface area contributed by atoms with E-state index in [1.165, 1.54) is 33.6 Å². The average molecular weight is 489 g/mol. The molecule has 4 aromatic rings. The van der Waals surface area contributed by atoms with Crippen LogP contribution in [0.2, 0.25) is 0 Å². The van der Waals surface area contributed by atoms with Crippen LogP contribution in [0, 0.1) is 5.41 Å². The molecule has 0 amide bonds. The highest BCUT2D eigenvalue weighted by Crippen LogP contribution is 2.51. The van der Waals surface area contributed by atoms with Crippen LogP contribution < -0.4 is 4.90 Å². The number of benzene rings is 3. The zero-order valence-corrected chi connectivity index (χ0v) is 23.5. The molecule has 2 heteroatoms. The van der Waals surface area contributed by atoms with Gasteiger partial charge in [-0.3, -0.25) is 4.98 Å². The summed E-state index contributed by atoms with van der Waals surface area (Å²) in [6.07, 6.45) is 1.93. The topological polar surface area (TPSA) is 16.1 Å². The van der Waals surface area contributed by atoms with E-state index in [2.05, 4.69) is 144 Å². The third kappa shape index (κ3) is 4.94. The van der Waals surface area contributed by atoms with Gasteiger partial charge in [-0.1, -0.05) is 94.4 Å². The van der Waals surface area contributed by atoms with Crippen LogP contribution >= 0.6 is 0 Å². The second-order valence-electron chi connectivity index (χ2n) is 12.9. The zero-order valence-electron chi connectivity index (χ0n) is 23.5. The van der Waals surface area contributed by atoms with E-state index in [4.69, 9.17) is 4.98 Å². The molecule has 2 nitrogen and oxygen atoms in total. The van der Waals surface area contributed by atoms with Crippen LogP contribution in [0.4, 0.5) is 11.4 Å². The number of hydrogen-bond donors (Lipinski definition) is 0. The summed E-state index contributed by atoms with van der Waals surface area (Å²) in [6, 6.07) is 33.0. The minimum absolute atomic E-state index is 0.0305. The number of anilines is 2. The van der Waals surface area contributed by atoms with E-state index in [1.54, 1.807) is 0 Å². The maximum absolute atomic E-state index is 5.02. The van der Waals surface area contributed by atoms with E-state index in [0.717, 1.165) is 24.2 Å². The second-order valence-corrected chi connectivity index (χ2v) is 12.9. The summed E-state index contributed by atoms with van der Waals surface area (Å²) in [4.78, 5) is 7.57. The van der Waals surface area contributed by atoms with Crippen molar-refractivity contribution in [2.75, 3.05) is 4.90 Å². The maximum atomic E-state index is 5.02. The van der Waals surface area contributed by atoms with Gasteiger partial charge in [0.1, 0.15) is 0 Å². The van der Waals surface area contributed by atoms with Crippen LogP contribution in [0.5, 0.6) is 0 Å². The van der Waals surface area contributed by atoms with E-state index >= 15 is 0 Å². The van der Waals surface area contributed by atoms with Crippen molar-refractivity contribution in [1.29, 1.82) is 0 Å². The molecule has 0 atom stereocenters. The molecular weight excluding hydrogens is 448 g/mol. The summed E-state index contributed by atoms with van der Waals surface area (Å²) in [7, 11) is 0. The van der Waals surface area contributed by atoms with Crippen LogP contribution in [0.15, 0.2) is 91.0 Å². The first-order chi connectivity index (χ1) is 17.5. The first-order valence-corrected chi connectivity index (χ1v) is 13.5. The largest absolute Gasteiger partial charge is 0.336 e. The Morgan fingerprint density at radius 2 is 1.35 bits per heavy atom. The molecule has 190 valence electrons. The summed E-state index contributed by atoms with van der Waals surface area (Å²) >= 11 is 0. The molecule has 5 rings (SSSR count). The van der Waals surface area contributed by atoms with Crippen molar-refractivity contribution in [3.05, 3.63) is 113 Å². The fraction of sp³-hybridized carbons (Fsp3) is 0.343. The Labute approximate surface area is 223 Å². The molecule has 0 bridgehead atoms. The molecule has 0 fully saturated rings. The van der Waals surface area contributed by atoms with E-state index in [0.29, 0.717) is 0 Å². The van der Waals surface area contributed by atoms with Crippen LogP contribution in [-0.4, -0.2) is 10.5 Å². The van der Waals surface area contributed by atoms with Crippen LogP contribution in [-0.2, 0) is 18.3 Å². The van der Waals surface area contributed by atoms with Crippen LogP contribution in [0.1, 0.15) is 70.9 Å². The summed E-state index contributed by atoms with van der Waals surface area (Å²) in [5.74, 6) is 0. The first-order valence-electron chi connectivity index (χ1n) is 13.5. The molecule has 0 saturated heterocycles. The Morgan fingerprint density at radius 3 is 2.08 bits per heavy atom. The van der Waals surface area contributed by atoms with Gasteiger partial charge < -0.3 is 4.90 Å². The average Bonchev–Trinajstić information content (AvgIpc) is 2.83. The number of nitrogens with zero attached hydrogens (tertiary/aromatic N) is 2. The zero-order chi connectivity index (χ0) is 26.4. The molecule has 1 aliphatic heterocycles. The highest BCUT2D eigenvalue weighted by molar-refractivity contribution is 5.79. The molecule has 0 aliphatic carbocycles. The Kier molecular flexibility index (Phi) is 6.26. The van der Waals surface area contributed by atoms with Gasteiger partial charge in [0.15, 0.2) is 0 Å². The van der Waals surface area contributed by atoms with Crippen molar-refractivity contribution in [3.8, 4) is 11.3 Å². The lowest BCUT2D eigenvalue weighted by atomic mass is 9.72. The van der Waals surface area contributed by atoms with Crippen molar-refractivity contribution in [3.63, 3.8) is 0 Å². The molecule has 0 unspecified atom stereocenters. The molecule has 0 radical (unpaired) electrons. The maximum Gasteiger partial charge on any atom is 0.0705 e. The Hall–Kier alpha value is -3.39. The molecule has 0 saturated carbocycles. The standard InChI is InChI=1S/C35H40N2/c1-33(2,3)37-31-19-12-11-17-28(31)35(6,7)29-21-20-25(22-32(29)37)23-34(4,5)24-27-16-13-18-30(36-27)26-14-9-8-10-15-26/h8-22H,23-24H2,1-7H3. The van der Waals surface area contributed by atoms with E-state index in [9.17, 15) is 0 Å². The van der Waals surface area contributed by atoms with Crippen LogP contribution in [0.3, 0.4) is 0 Å². The van der Waals surface area contributed by atoms with Gasteiger partial charge in [0.05, 0.1) is 5.69 Å². The van der Waals surface area contributed by atoms with Crippen molar-refractivity contribution in [2.45, 2.75) is 72.3 Å². The molecule has 1 aromatic heterocycles. The highest BCUT2D eigenvalue weighted by Gasteiger charge is 2.39. The number of fused-ring (bicyclic) bond motifs is 2. The van der Waals surface area contributed by atoms with E-state index in [1.807, 2.05) is 0 Å². The Balaban J connectivity index is 1.46. The second kappa shape index (κ2) is 9.17. The SMILES string of the molecule is CC(C)(Cc1ccc2c(c1)N(C(C)(C)C)c1ccccc1C2(C)C)Cc1cccc(-c2ccccc2)n1.